The fourth-order valence-corrected chi connectivity index (χ4v) is 4.03. The smallest absolute Gasteiger partial charge is 0.194 e. The van der Waals surface area contributed by atoms with E-state index in [1.807, 2.05) is 18.2 Å². The molecule has 0 bridgehead atoms. The summed E-state index contributed by atoms with van der Waals surface area (Å²) in [5.74, 6) is 1.93. The van der Waals surface area contributed by atoms with E-state index in [2.05, 4.69) is 65.2 Å². The molecule has 1 saturated heterocycles. The number of ether oxygens (including phenoxy) is 1. The fraction of sp³-hybridized carbons (Fsp3) is 0.417. The topological polar surface area (TPSA) is 65.5 Å². The molecule has 158 valence electrons. The first-order valence-electron chi connectivity index (χ1n) is 10.8. The highest BCUT2D eigenvalue weighted by molar-refractivity contribution is 5.80. The number of hydrogen-bond donors (Lipinski definition) is 2. The number of nitrogens with one attached hydrogen (secondary N) is 2. The molecule has 4 rings (SSSR count). The number of rotatable bonds is 5. The van der Waals surface area contributed by atoms with Crippen molar-refractivity contribution in [1.29, 1.82) is 0 Å². The van der Waals surface area contributed by atoms with E-state index in [0.29, 0.717) is 13.2 Å². The SMILES string of the molecule is CCNC(=NCCc1nc2ccccc2[nH]1)N1CCOC(c2ccc(C)cc2C)C1. The summed E-state index contributed by atoms with van der Waals surface area (Å²) in [6, 6.07) is 14.7. The third kappa shape index (κ3) is 4.65. The zero-order chi connectivity index (χ0) is 20.9. The fourth-order valence-electron chi connectivity index (χ4n) is 4.03. The molecule has 0 spiro atoms. The second kappa shape index (κ2) is 9.30. The number of aliphatic imine (C=N–C) groups is 1. The highest BCUT2D eigenvalue weighted by Crippen LogP contribution is 2.26. The first-order chi connectivity index (χ1) is 14.6. The second-order valence-electron chi connectivity index (χ2n) is 7.85. The largest absolute Gasteiger partial charge is 0.370 e. The van der Waals surface area contributed by atoms with Gasteiger partial charge < -0.3 is 19.9 Å². The maximum absolute atomic E-state index is 6.11. The minimum Gasteiger partial charge on any atom is -0.370 e. The highest BCUT2D eigenvalue weighted by Gasteiger charge is 2.25. The zero-order valence-electron chi connectivity index (χ0n) is 18.1. The van der Waals surface area contributed by atoms with Crippen molar-refractivity contribution < 1.29 is 4.74 Å². The van der Waals surface area contributed by atoms with Crippen LogP contribution in [0.4, 0.5) is 0 Å². The lowest BCUT2D eigenvalue weighted by Gasteiger charge is -2.36. The van der Waals surface area contributed by atoms with E-state index in [9.17, 15) is 0 Å². The van der Waals surface area contributed by atoms with Gasteiger partial charge >= 0.3 is 0 Å². The summed E-state index contributed by atoms with van der Waals surface area (Å²) in [4.78, 5) is 15.2. The van der Waals surface area contributed by atoms with E-state index < -0.39 is 0 Å². The van der Waals surface area contributed by atoms with Gasteiger partial charge in [-0.15, -0.1) is 0 Å². The van der Waals surface area contributed by atoms with Crippen LogP contribution in [0.2, 0.25) is 0 Å². The number of fused-ring (bicyclic) bond motifs is 1. The van der Waals surface area contributed by atoms with Crippen molar-refractivity contribution in [3.05, 3.63) is 65.0 Å². The van der Waals surface area contributed by atoms with Crippen molar-refractivity contribution in [1.82, 2.24) is 20.2 Å². The molecule has 3 aromatic rings. The molecule has 1 aromatic heterocycles. The van der Waals surface area contributed by atoms with Crippen molar-refractivity contribution in [3.8, 4) is 0 Å². The Bertz CT molecular complexity index is 992. The Labute approximate surface area is 178 Å². The van der Waals surface area contributed by atoms with Crippen LogP contribution < -0.4 is 5.32 Å². The monoisotopic (exact) mass is 405 g/mol. The van der Waals surface area contributed by atoms with Gasteiger partial charge in [-0.25, -0.2) is 4.98 Å². The quantitative estimate of drug-likeness (QED) is 0.501. The van der Waals surface area contributed by atoms with Gasteiger partial charge in [0.2, 0.25) is 0 Å². The number of aryl methyl sites for hydroxylation is 2. The van der Waals surface area contributed by atoms with Crippen molar-refractivity contribution in [2.24, 2.45) is 4.99 Å². The number of benzene rings is 2. The van der Waals surface area contributed by atoms with E-state index in [1.54, 1.807) is 0 Å². The van der Waals surface area contributed by atoms with Gasteiger partial charge in [0.1, 0.15) is 11.9 Å². The maximum atomic E-state index is 6.11. The third-order valence-corrected chi connectivity index (χ3v) is 5.52. The van der Waals surface area contributed by atoms with E-state index in [1.165, 1.54) is 16.7 Å². The lowest BCUT2D eigenvalue weighted by atomic mass is 10.00. The Morgan fingerprint density at radius 3 is 2.93 bits per heavy atom. The molecular formula is C24H31N5O. The minimum absolute atomic E-state index is 0.0681. The van der Waals surface area contributed by atoms with Crippen LogP contribution in [0.5, 0.6) is 0 Å². The van der Waals surface area contributed by atoms with Gasteiger partial charge in [0.15, 0.2) is 5.96 Å². The molecule has 0 radical (unpaired) electrons. The summed E-state index contributed by atoms with van der Waals surface area (Å²) in [5.41, 5.74) is 5.92. The zero-order valence-corrected chi connectivity index (χ0v) is 18.1. The Morgan fingerprint density at radius 1 is 1.27 bits per heavy atom. The number of aromatic amines is 1. The van der Waals surface area contributed by atoms with Gasteiger partial charge in [0, 0.05) is 26.1 Å². The lowest BCUT2D eigenvalue weighted by Crippen LogP contribution is -2.48. The van der Waals surface area contributed by atoms with Gasteiger partial charge in [0.25, 0.3) is 0 Å². The van der Waals surface area contributed by atoms with Crippen molar-refractivity contribution in [3.63, 3.8) is 0 Å². The summed E-state index contributed by atoms with van der Waals surface area (Å²) in [5, 5.41) is 3.45. The van der Waals surface area contributed by atoms with Crippen molar-refractivity contribution in [2.75, 3.05) is 32.8 Å². The Morgan fingerprint density at radius 2 is 2.13 bits per heavy atom. The molecule has 2 aromatic carbocycles. The van der Waals surface area contributed by atoms with E-state index in [-0.39, 0.29) is 6.10 Å². The Hall–Kier alpha value is -2.86. The molecule has 2 heterocycles. The lowest BCUT2D eigenvalue weighted by molar-refractivity contribution is -0.00833. The maximum Gasteiger partial charge on any atom is 0.194 e. The van der Waals surface area contributed by atoms with Gasteiger partial charge in [-0.2, -0.15) is 0 Å². The van der Waals surface area contributed by atoms with Crippen LogP contribution in [-0.2, 0) is 11.2 Å². The summed E-state index contributed by atoms with van der Waals surface area (Å²) >= 11 is 0. The Balaban J connectivity index is 1.44. The van der Waals surface area contributed by atoms with Gasteiger partial charge in [-0.05, 0) is 44.0 Å². The van der Waals surface area contributed by atoms with Crippen LogP contribution in [0.1, 0.15) is 35.5 Å². The number of hydrogen-bond acceptors (Lipinski definition) is 3. The van der Waals surface area contributed by atoms with Crippen LogP contribution in [0.25, 0.3) is 11.0 Å². The molecular weight excluding hydrogens is 374 g/mol. The van der Waals surface area contributed by atoms with E-state index in [4.69, 9.17) is 9.73 Å². The molecule has 1 aliphatic rings. The van der Waals surface area contributed by atoms with Crippen molar-refractivity contribution in [2.45, 2.75) is 33.3 Å². The molecule has 0 saturated carbocycles. The first-order valence-corrected chi connectivity index (χ1v) is 10.8. The number of nitrogens with zero attached hydrogens (tertiary/aromatic N) is 3. The van der Waals surface area contributed by atoms with E-state index >= 15 is 0 Å². The summed E-state index contributed by atoms with van der Waals surface area (Å²) < 4.78 is 6.11. The number of H-pyrrole nitrogens is 1. The highest BCUT2D eigenvalue weighted by atomic mass is 16.5. The van der Waals surface area contributed by atoms with E-state index in [0.717, 1.165) is 48.9 Å². The van der Waals surface area contributed by atoms with Gasteiger partial charge in [-0.3, -0.25) is 4.99 Å². The van der Waals surface area contributed by atoms with Crippen molar-refractivity contribution >= 4 is 17.0 Å². The molecule has 6 heteroatoms. The van der Waals surface area contributed by atoms with Crippen LogP contribution in [0.3, 0.4) is 0 Å². The van der Waals surface area contributed by atoms with Crippen LogP contribution >= 0.6 is 0 Å². The molecule has 1 fully saturated rings. The number of imidazole rings is 1. The standard InChI is InChI=1S/C24H31N5O/c1-4-25-24(26-12-11-23-27-20-7-5-6-8-21(20)28-23)29-13-14-30-22(16-29)19-10-9-17(2)15-18(19)3/h5-10,15,22H,4,11-14,16H2,1-3H3,(H,25,26)(H,27,28). The number of guanidine groups is 1. The van der Waals surface area contributed by atoms with Gasteiger partial charge in [-0.1, -0.05) is 35.9 Å². The van der Waals surface area contributed by atoms with Gasteiger partial charge in [0.05, 0.1) is 24.2 Å². The average molecular weight is 406 g/mol. The number of aromatic nitrogens is 2. The molecule has 6 nitrogen and oxygen atoms in total. The van der Waals surface area contributed by atoms with Crippen LogP contribution in [0.15, 0.2) is 47.5 Å². The molecule has 1 atom stereocenters. The normalized spacial score (nSPS) is 17.5. The first kappa shape index (κ1) is 20.4. The average Bonchev–Trinajstić information content (AvgIpc) is 3.16. The molecule has 1 unspecified atom stereocenters. The molecule has 2 N–H and O–H groups in total. The number of morpholine rings is 1. The molecule has 1 aliphatic heterocycles. The Kier molecular flexibility index (Phi) is 6.33. The summed E-state index contributed by atoms with van der Waals surface area (Å²) in [6.07, 6.45) is 0.854. The predicted octanol–water partition coefficient (Wildman–Crippen LogP) is 3.76. The minimum atomic E-state index is 0.0681. The molecule has 0 aliphatic carbocycles. The molecule has 0 amide bonds. The van der Waals surface area contributed by atoms with Crippen LogP contribution in [0, 0.1) is 13.8 Å². The second-order valence-corrected chi connectivity index (χ2v) is 7.85. The molecule has 30 heavy (non-hydrogen) atoms. The van der Waals surface area contributed by atoms with Crippen LogP contribution in [-0.4, -0.2) is 53.6 Å². The third-order valence-electron chi connectivity index (χ3n) is 5.52. The summed E-state index contributed by atoms with van der Waals surface area (Å²) in [7, 11) is 0. The predicted molar refractivity (Wildman–Crippen MR) is 122 cm³/mol. The number of para-hydroxylation sites is 2. The summed E-state index contributed by atoms with van der Waals surface area (Å²) in [6.45, 7) is 10.3.